The van der Waals surface area contributed by atoms with Gasteiger partial charge in [0.15, 0.2) is 0 Å². The van der Waals surface area contributed by atoms with E-state index in [-0.39, 0.29) is 0 Å². The number of nitrogens with zero attached hydrogens (tertiary/aromatic N) is 3. The van der Waals surface area contributed by atoms with Gasteiger partial charge in [-0.15, -0.1) is 0 Å². The van der Waals surface area contributed by atoms with Crippen molar-refractivity contribution in [2.45, 2.75) is 39.5 Å². The number of halogens is 2. The molecule has 1 fully saturated rings. The van der Waals surface area contributed by atoms with Gasteiger partial charge in [-0.05, 0) is 57.0 Å². The highest BCUT2D eigenvalue weighted by molar-refractivity contribution is 8.18. The largest absolute Gasteiger partial charge is 0.424 e. The fraction of sp³-hybridized carbons (Fsp3) is 0.435. The first-order chi connectivity index (χ1) is 15.4. The maximum Gasteiger partial charge on any atom is 0.424 e. The minimum Gasteiger partial charge on any atom is -0.409 e. The van der Waals surface area contributed by atoms with Gasteiger partial charge in [0.05, 0.1) is 21.0 Å². The van der Waals surface area contributed by atoms with Crippen molar-refractivity contribution in [3.8, 4) is 5.75 Å². The second kappa shape index (κ2) is 9.90. The number of hydrogen-bond donors (Lipinski definition) is 0. The molecule has 172 valence electrons. The lowest BCUT2D eigenvalue weighted by atomic mass is 10.2. The van der Waals surface area contributed by atoms with Crippen molar-refractivity contribution in [1.29, 1.82) is 0 Å². The van der Waals surface area contributed by atoms with Crippen LogP contribution in [0.5, 0.6) is 5.75 Å². The summed E-state index contributed by atoms with van der Waals surface area (Å²) in [6.07, 6.45) is 1.34. The van der Waals surface area contributed by atoms with Crippen LogP contribution in [0.25, 0.3) is 0 Å². The Morgan fingerprint density at radius 2 is 1.69 bits per heavy atom. The standard InChI is InChI=1S/C23H28Cl2N3O2PS/c1-3-26(4-2)17-10-12-22-21(16-17)30-23(29)28(18-9-11-19(24)20(25)15-18)31(22,32)27-13-7-5-6-8-14-27/h9-12,15-16H,3-8,13-14H2,1-2H3/t31-/m0/s1. The summed E-state index contributed by atoms with van der Waals surface area (Å²) < 4.78 is 9.89. The highest BCUT2D eigenvalue weighted by Gasteiger charge is 2.45. The van der Waals surface area contributed by atoms with Crippen LogP contribution in [0.15, 0.2) is 36.4 Å². The number of amides is 1. The van der Waals surface area contributed by atoms with E-state index in [1.165, 1.54) is 12.8 Å². The molecule has 0 aliphatic carbocycles. The molecule has 1 atom stereocenters. The SMILES string of the molecule is CCN(CC)c1ccc2c(c1)OC(=O)N(c1ccc(Cl)c(Cl)c1)[P@@]2(=S)N1CCCCCC1. The molecule has 0 bridgehead atoms. The number of benzene rings is 2. The summed E-state index contributed by atoms with van der Waals surface area (Å²) in [5.41, 5.74) is 1.65. The highest BCUT2D eigenvalue weighted by atomic mass is 35.5. The quantitative estimate of drug-likeness (QED) is 0.419. The van der Waals surface area contributed by atoms with E-state index in [1.54, 1.807) is 22.9 Å². The molecule has 2 aliphatic rings. The van der Waals surface area contributed by atoms with Gasteiger partial charge in [0, 0.05) is 37.9 Å². The molecular formula is C23H28Cl2N3O2PS. The number of anilines is 2. The molecule has 0 spiro atoms. The lowest BCUT2D eigenvalue weighted by Gasteiger charge is -2.45. The summed E-state index contributed by atoms with van der Waals surface area (Å²) in [4.78, 5) is 15.7. The van der Waals surface area contributed by atoms with Gasteiger partial charge in [0.25, 0.3) is 0 Å². The zero-order chi connectivity index (χ0) is 22.9. The smallest absolute Gasteiger partial charge is 0.409 e. The fourth-order valence-electron chi connectivity index (χ4n) is 4.45. The van der Waals surface area contributed by atoms with Crippen LogP contribution in [0, 0.1) is 0 Å². The molecule has 5 nitrogen and oxygen atoms in total. The molecule has 0 saturated carbocycles. The summed E-state index contributed by atoms with van der Waals surface area (Å²) >= 11 is 19.0. The number of rotatable bonds is 5. The molecule has 1 saturated heterocycles. The first kappa shape index (κ1) is 23.8. The average Bonchev–Trinajstić information content (AvgIpc) is 3.07. The van der Waals surface area contributed by atoms with Crippen LogP contribution < -0.4 is 19.6 Å². The number of carbonyl (C=O) groups is 1. The monoisotopic (exact) mass is 511 g/mol. The molecule has 0 N–H and O–H groups in total. The van der Waals surface area contributed by atoms with Crippen molar-refractivity contribution in [2.24, 2.45) is 0 Å². The molecule has 2 aromatic carbocycles. The summed E-state index contributed by atoms with van der Waals surface area (Å²) in [6, 6.07) is 11.3. The van der Waals surface area contributed by atoms with E-state index in [4.69, 9.17) is 39.7 Å². The second-order valence-corrected chi connectivity index (χ2v) is 12.9. The fourth-order valence-corrected chi connectivity index (χ4v) is 9.13. The molecule has 2 aromatic rings. The lowest BCUT2D eigenvalue weighted by Crippen LogP contribution is -2.46. The first-order valence-corrected chi connectivity index (χ1v) is 14.6. The van der Waals surface area contributed by atoms with Crippen molar-refractivity contribution in [1.82, 2.24) is 4.67 Å². The first-order valence-electron chi connectivity index (χ1n) is 11.1. The second-order valence-electron chi connectivity index (χ2n) is 8.01. The predicted molar refractivity (Wildman–Crippen MR) is 139 cm³/mol. The Morgan fingerprint density at radius 3 is 2.31 bits per heavy atom. The molecule has 0 radical (unpaired) electrons. The normalized spacial score (nSPS) is 21.6. The van der Waals surface area contributed by atoms with Crippen LogP contribution in [0.1, 0.15) is 39.5 Å². The molecule has 9 heteroatoms. The summed E-state index contributed by atoms with van der Waals surface area (Å²) in [7, 11) is 0. The Morgan fingerprint density at radius 1 is 1.00 bits per heavy atom. The molecule has 1 amide bonds. The number of hydrogen-bond acceptors (Lipinski definition) is 4. The van der Waals surface area contributed by atoms with Crippen LogP contribution in [-0.4, -0.2) is 36.9 Å². The molecular weight excluding hydrogens is 484 g/mol. The van der Waals surface area contributed by atoms with Gasteiger partial charge in [-0.1, -0.05) is 47.9 Å². The van der Waals surface area contributed by atoms with E-state index < -0.39 is 12.4 Å². The Kier molecular flexibility index (Phi) is 7.38. The maximum atomic E-state index is 13.5. The summed E-state index contributed by atoms with van der Waals surface area (Å²) in [5.74, 6) is 0.572. The number of ether oxygens (including phenoxy) is 1. The zero-order valence-corrected chi connectivity index (χ0v) is 21.6. The van der Waals surface area contributed by atoms with Gasteiger partial charge in [0.1, 0.15) is 12.1 Å². The molecule has 2 heterocycles. The minimum atomic E-state index is -2.69. The van der Waals surface area contributed by atoms with Crippen LogP contribution in [0.4, 0.5) is 16.2 Å². The van der Waals surface area contributed by atoms with Crippen molar-refractivity contribution >= 4 is 64.1 Å². The molecule has 0 aromatic heterocycles. The predicted octanol–water partition coefficient (Wildman–Crippen LogP) is 6.67. The third-order valence-corrected chi connectivity index (χ3v) is 11.8. The third kappa shape index (κ3) is 4.28. The van der Waals surface area contributed by atoms with Crippen LogP contribution in [-0.2, 0) is 11.8 Å². The van der Waals surface area contributed by atoms with Gasteiger partial charge < -0.3 is 9.64 Å². The lowest BCUT2D eigenvalue weighted by molar-refractivity contribution is 0.211. The number of carbonyl (C=O) groups excluding carboxylic acids is 1. The molecule has 32 heavy (non-hydrogen) atoms. The van der Waals surface area contributed by atoms with Gasteiger partial charge >= 0.3 is 6.09 Å². The van der Waals surface area contributed by atoms with E-state index in [0.717, 1.165) is 50.0 Å². The molecule has 2 aliphatic heterocycles. The Balaban J connectivity index is 1.88. The van der Waals surface area contributed by atoms with Crippen molar-refractivity contribution < 1.29 is 9.53 Å². The Bertz CT molecular complexity index is 1060. The minimum absolute atomic E-state index is 0.386. The highest BCUT2D eigenvalue weighted by Crippen LogP contribution is 2.59. The van der Waals surface area contributed by atoms with E-state index in [0.29, 0.717) is 21.5 Å². The van der Waals surface area contributed by atoms with E-state index in [9.17, 15) is 4.79 Å². The third-order valence-electron chi connectivity index (χ3n) is 6.14. The maximum absolute atomic E-state index is 13.5. The van der Waals surface area contributed by atoms with E-state index in [1.807, 2.05) is 6.07 Å². The summed E-state index contributed by atoms with van der Waals surface area (Å²) in [6.45, 7) is 7.70. The van der Waals surface area contributed by atoms with Crippen molar-refractivity contribution in [2.75, 3.05) is 35.7 Å². The van der Waals surface area contributed by atoms with Gasteiger partial charge in [0.2, 0.25) is 0 Å². The topological polar surface area (TPSA) is 36.0 Å². The van der Waals surface area contributed by atoms with Crippen molar-refractivity contribution in [3.63, 3.8) is 0 Å². The average molecular weight is 512 g/mol. The van der Waals surface area contributed by atoms with Gasteiger partial charge in [-0.25, -0.2) is 9.46 Å². The van der Waals surface area contributed by atoms with Gasteiger partial charge in [-0.2, -0.15) is 0 Å². The number of fused-ring (bicyclic) bond motifs is 1. The summed E-state index contributed by atoms with van der Waals surface area (Å²) in [5, 5.41) is 1.74. The molecule has 0 unspecified atom stereocenters. The molecule has 4 rings (SSSR count). The van der Waals surface area contributed by atoms with Crippen LogP contribution in [0.2, 0.25) is 10.0 Å². The Labute approximate surface area is 205 Å². The van der Waals surface area contributed by atoms with Crippen LogP contribution in [0.3, 0.4) is 0 Å². The van der Waals surface area contributed by atoms with Crippen molar-refractivity contribution in [3.05, 3.63) is 46.4 Å². The van der Waals surface area contributed by atoms with Crippen LogP contribution >= 0.6 is 29.5 Å². The van der Waals surface area contributed by atoms with Gasteiger partial charge in [-0.3, -0.25) is 4.67 Å². The van der Waals surface area contributed by atoms with E-state index >= 15 is 0 Å². The zero-order valence-electron chi connectivity index (χ0n) is 18.4. The Hall–Kier alpha value is -1.30. The van der Waals surface area contributed by atoms with E-state index in [2.05, 4.69) is 35.6 Å².